The van der Waals surface area contributed by atoms with Crippen molar-refractivity contribution in [1.29, 1.82) is 0 Å². The van der Waals surface area contributed by atoms with E-state index in [1.54, 1.807) is 30.1 Å². The van der Waals surface area contributed by atoms with Gasteiger partial charge in [-0.15, -0.1) is 0 Å². The molecule has 0 unspecified atom stereocenters. The van der Waals surface area contributed by atoms with Crippen LogP contribution in [0.1, 0.15) is 23.2 Å². The van der Waals surface area contributed by atoms with Crippen molar-refractivity contribution in [1.82, 2.24) is 9.80 Å². The van der Waals surface area contributed by atoms with E-state index < -0.39 is 5.82 Å². The number of benzene rings is 1. The van der Waals surface area contributed by atoms with Crippen molar-refractivity contribution in [2.45, 2.75) is 18.9 Å². The summed E-state index contributed by atoms with van der Waals surface area (Å²) in [5.41, 5.74) is 0.166. The molecule has 1 heterocycles. The van der Waals surface area contributed by atoms with E-state index in [1.807, 2.05) is 0 Å². The zero-order valence-corrected chi connectivity index (χ0v) is 12.0. The van der Waals surface area contributed by atoms with Gasteiger partial charge < -0.3 is 22.2 Å². The lowest BCUT2D eigenvalue weighted by Crippen LogP contribution is -3.00. The highest BCUT2D eigenvalue weighted by Crippen LogP contribution is 2.17. The van der Waals surface area contributed by atoms with Crippen molar-refractivity contribution in [2.24, 2.45) is 0 Å². The van der Waals surface area contributed by atoms with Crippen LogP contribution in [0.25, 0.3) is 0 Å². The van der Waals surface area contributed by atoms with Gasteiger partial charge in [0.1, 0.15) is 5.82 Å². The van der Waals surface area contributed by atoms with Gasteiger partial charge in [0.15, 0.2) is 0 Å². The normalized spacial score (nSPS) is 16.8. The number of carbonyl (C=O) groups is 1. The average Bonchev–Trinajstić information content (AvgIpc) is 2.38. The molecule has 1 saturated heterocycles. The molecule has 1 aromatic rings. The number of rotatable bonds is 2. The van der Waals surface area contributed by atoms with Crippen LogP contribution in [0.15, 0.2) is 24.3 Å². The van der Waals surface area contributed by atoms with Crippen molar-refractivity contribution < 1.29 is 21.6 Å². The summed E-state index contributed by atoms with van der Waals surface area (Å²) >= 11 is 0. The molecule has 0 atom stereocenters. The molecule has 0 saturated carbocycles. The van der Waals surface area contributed by atoms with Gasteiger partial charge in [0.2, 0.25) is 0 Å². The van der Waals surface area contributed by atoms with Crippen molar-refractivity contribution >= 4 is 5.91 Å². The molecule has 19 heavy (non-hydrogen) atoms. The number of nitrogens with zero attached hydrogens (tertiary/aromatic N) is 2. The molecule has 1 aromatic carbocycles. The Balaban J connectivity index is 0.00000180. The summed E-state index contributed by atoms with van der Waals surface area (Å²) in [4.78, 5) is 16.2. The number of piperidine rings is 1. The predicted molar refractivity (Wildman–Crippen MR) is 69.0 cm³/mol. The first-order chi connectivity index (χ1) is 8.59. The van der Waals surface area contributed by atoms with Crippen LogP contribution in [0, 0.1) is 5.82 Å². The third-order valence-electron chi connectivity index (χ3n) is 3.66. The van der Waals surface area contributed by atoms with Crippen LogP contribution >= 0.6 is 0 Å². The van der Waals surface area contributed by atoms with Gasteiger partial charge in [0.25, 0.3) is 5.91 Å². The molecule has 1 amide bonds. The fraction of sp³-hybridized carbons (Fsp3) is 0.500. The molecule has 2 rings (SSSR count). The number of carbonyl (C=O) groups excluding carboxylic acids is 1. The molecular weight excluding hydrogens is 267 g/mol. The summed E-state index contributed by atoms with van der Waals surface area (Å²) < 4.78 is 13.6. The maximum Gasteiger partial charge on any atom is 0.256 e. The highest BCUT2D eigenvalue weighted by Gasteiger charge is 2.25. The number of halogens is 2. The fourth-order valence-corrected chi connectivity index (χ4v) is 2.37. The lowest BCUT2D eigenvalue weighted by atomic mass is 10.0. The smallest absolute Gasteiger partial charge is 0.256 e. The Morgan fingerprint density at radius 3 is 2.47 bits per heavy atom. The summed E-state index contributed by atoms with van der Waals surface area (Å²) in [6.45, 7) is 1.97. The second-order valence-corrected chi connectivity index (χ2v) is 4.93. The SMILES string of the molecule is CN1CCC(N(C)C(=O)c2ccccc2F)CC1.[Cl-]. The standard InChI is InChI=1S/C14H19FN2O.ClH/c1-16-9-7-11(8-10-16)17(2)14(18)12-5-3-4-6-13(12)15;/h3-6,11H,7-10H2,1-2H3;1H/p-1. The van der Waals surface area contributed by atoms with Crippen molar-refractivity contribution in [2.75, 3.05) is 27.2 Å². The first kappa shape index (κ1) is 15.9. The Bertz CT molecular complexity index is 433. The largest absolute Gasteiger partial charge is 1.00 e. The maximum atomic E-state index is 13.6. The number of hydrogen-bond acceptors (Lipinski definition) is 2. The lowest BCUT2D eigenvalue weighted by molar-refractivity contribution is -0.0000156. The minimum absolute atomic E-state index is 0. The molecule has 0 N–H and O–H groups in total. The molecule has 0 bridgehead atoms. The molecule has 5 heteroatoms. The topological polar surface area (TPSA) is 23.6 Å². The molecule has 1 fully saturated rings. The van der Waals surface area contributed by atoms with E-state index in [0.717, 1.165) is 25.9 Å². The third kappa shape index (κ3) is 3.67. The van der Waals surface area contributed by atoms with Gasteiger partial charge in [0, 0.05) is 13.1 Å². The van der Waals surface area contributed by atoms with Crippen LogP contribution in [-0.2, 0) is 0 Å². The van der Waals surface area contributed by atoms with E-state index in [1.165, 1.54) is 6.07 Å². The van der Waals surface area contributed by atoms with Crippen LogP contribution in [0.5, 0.6) is 0 Å². The van der Waals surface area contributed by atoms with Crippen molar-refractivity contribution in [3.8, 4) is 0 Å². The van der Waals surface area contributed by atoms with E-state index in [-0.39, 0.29) is 29.9 Å². The quantitative estimate of drug-likeness (QED) is 0.696. The van der Waals surface area contributed by atoms with E-state index >= 15 is 0 Å². The van der Waals surface area contributed by atoms with E-state index in [2.05, 4.69) is 11.9 Å². The Morgan fingerprint density at radius 2 is 1.89 bits per heavy atom. The fourth-order valence-electron chi connectivity index (χ4n) is 2.37. The molecule has 0 spiro atoms. The predicted octanol–water partition coefficient (Wildman–Crippen LogP) is -1.00. The first-order valence-corrected chi connectivity index (χ1v) is 6.30. The van der Waals surface area contributed by atoms with Crippen molar-refractivity contribution in [3.05, 3.63) is 35.6 Å². The van der Waals surface area contributed by atoms with E-state index in [4.69, 9.17) is 0 Å². The minimum atomic E-state index is -0.442. The zero-order chi connectivity index (χ0) is 13.1. The Morgan fingerprint density at radius 1 is 1.32 bits per heavy atom. The Labute approximate surface area is 119 Å². The van der Waals surface area contributed by atoms with Crippen LogP contribution in [0.3, 0.4) is 0 Å². The average molecular weight is 286 g/mol. The molecule has 1 aliphatic rings. The van der Waals surface area contributed by atoms with Gasteiger partial charge in [-0.2, -0.15) is 0 Å². The van der Waals surface area contributed by atoms with Crippen molar-refractivity contribution in [3.63, 3.8) is 0 Å². The summed E-state index contributed by atoms with van der Waals surface area (Å²) in [5, 5.41) is 0. The number of likely N-dealkylation sites (tertiary alicyclic amines) is 1. The number of hydrogen-bond donors (Lipinski definition) is 0. The van der Waals surface area contributed by atoms with Gasteiger partial charge >= 0.3 is 0 Å². The molecule has 0 radical (unpaired) electrons. The molecule has 0 aliphatic carbocycles. The highest BCUT2D eigenvalue weighted by molar-refractivity contribution is 5.94. The van der Waals surface area contributed by atoms with Gasteiger partial charge in [-0.1, -0.05) is 12.1 Å². The molecule has 0 aromatic heterocycles. The van der Waals surface area contributed by atoms with Gasteiger partial charge in [0.05, 0.1) is 5.56 Å². The molecule has 106 valence electrons. The summed E-state index contributed by atoms with van der Waals surface area (Å²) in [5.74, 6) is -0.662. The van der Waals surface area contributed by atoms with Gasteiger partial charge in [-0.25, -0.2) is 4.39 Å². The Hall–Kier alpha value is -1.13. The highest BCUT2D eigenvalue weighted by atomic mass is 35.5. The van der Waals surface area contributed by atoms with Crippen LogP contribution in [0.4, 0.5) is 4.39 Å². The zero-order valence-electron chi connectivity index (χ0n) is 11.3. The summed E-state index contributed by atoms with van der Waals surface area (Å²) in [6.07, 6.45) is 1.90. The summed E-state index contributed by atoms with van der Waals surface area (Å²) in [7, 11) is 3.85. The molecule has 1 aliphatic heterocycles. The second kappa shape index (κ2) is 6.87. The van der Waals surface area contributed by atoms with E-state index in [9.17, 15) is 9.18 Å². The Kier molecular flexibility index (Phi) is 5.76. The van der Waals surface area contributed by atoms with Crippen LogP contribution in [0.2, 0.25) is 0 Å². The molecular formula is C14H19ClFN2O-. The van der Waals surface area contributed by atoms with Crippen LogP contribution < -0.4 is 12.4 Å². The summed E-state index contributed by atoms with van der Waals surface area (Å²) in [6, 6.07) is 6.38. The van der Waals surface area contributed by atoms with Crippen LogP contribution in [-0.4, -0.2) is 48.9 Å². The monoisotopic (exact) mass is 285 g/mol. The van der Waals surface area contributed by atoms with E-state index in [0.29, 0.717) is 0 Å². The first-order valence-electron chi connectivity index (χ1n) is 6.30. The number of amides is 1. The lowest BCUT2D eigenvalue weighted by Gasteiger charge is -2.35. The maximum absolute atomic E-state index is 13.6. The molecule has 3 nitrogen and oxygen atoms in total. The van der Waals surface area contributed by atoms with Gasteiger partial charge in [-0.3, -0.25) is 4.79 Å². The second-order valence-electron chi connectivity index (χ2n) is 4.93. The third-order valence-corrected chi connectivity index (χ3v) is 3.66. The minimum Gasteiger partial charge on any atom is -1.00 e. The van der Waals surface area contributed by atoms with Gasteiger partial charge in [-0.05, 0) is 45.1 Å².